The monoisotopic (exact) mass is 334 g/mol. The molecule has 0 N–H and O–H groups in total. The van der Waals surface area contributed by atoms with Crippen LogP contribution in [0.15, 0.2) is 60.8 Å². The van der Waals surface area contributed by atoms with E-state index in [9.17, 15) is 0 Å². The first-order valence-electron chi connectivity index (χ1n) is 8.87. The maximum atomic E-state index is 6.20. The van der Waals surface area contributed by atoms with Gasteiger partial charge in [-0.15, -0.1) is 0 Å². The number of aromatic nitrogens is 2. The van der Waals surface area contributed by atoms with E-state index in [2.05, 4.69) is 79.8 Å². The minimum absolute atomic E-state index is 0.300. The summed E-state index contributed by atoms with van der Waals surface area (Å²) in [5, 5.41) is 0. The molecule has 0 saturated heterocycles. The molecule has 1 aromatic heterocycles. The highest BCUT2D eigenvalue weighted by molar-refractivity contribution is 5.67. The van der Waals surface area contributed by atoms with E-state index < -0.39 is 0 Å². The predicted octanol–water partition coefficient (Wildman–Crippen LogP) is 4.59. The third-order valence-corrected chi connectivity index (χ3v) is 4.56. The van der Waals surface area contributed by atoms with Gasteiger partial charge in [-0.25, -0.2) is 4.90 Å². The van der Waals surface area contributed by atoms with Crippen molar-refractivity contribution >= 4 is 11.6 Å². The molecule has 0 unspecified atom stereocenters. The van der Waals surface area contributed by atoms with Crippen LogP contribution in [-0.2, 0) is 0 Å². The zero-order valence-corrected chi connectivity index (χ0v) is 15.2. The molecular formula is C21H24N3O+. The van der Waals surface area contributed by atoms with Crippen molar-refractivity contribution in [2.24, 2.45) is 0 Å². The fourth-order valence-electron chi connectivity index (χ4n) is 3.44. The van der Waals surface area contributed by atoms with Gasteiger partial charge in [0, 0.05) is 5.92 Å². The van der Waals surface area contributed by atoms with Crippen molar-refractivity contribution in [1.29, 1.82) is 0 Å². The van der Waals surface area contributed by atoms with Gasteiger partial charge in [-0.1, -0.05) is 48.9 Å². The molecule has 0 atom stereocenters. The zero-order chi connectivity index (χ0) is 17.6. The molecule has 4 heteroatoms. The third-order valence-electron chi connectivity index (χ3n) is 4.56. The second kappa shape index (κ2) is 5.96. The average Bonchev–Trinajstić information content (AvgIpc) is 2.99. The lowest BCUT2D eigenvalue weighted by molar-refractivity contribution is -0.592. The standard InChI is InChI=1S/C21H24N3O/c1-15(2)19-14-22-21(24(19)17-10-6-5-7-11-17)23(16(3)4)18-12-8-9-13-20(18)25-22/h5-16H,1-4H3/q+1. The summed E-state index contributed by atoms with van der Waals surface area (Å²) in [5.41, 5.74) is 3.47. The molecule has 0 aliphatic carbocycles. The van der Waals surface area contributed by atoms with E-state index >= 15 is 0 Å². The fraction of sp³-hybridized carbons (Fsp3) is 0.286. The van der Waals surface area contributed by atoms with Crippen LogP contribution in [0.2, 0.25) is 0 Å². The van der Waals surface area contributed by atoms with Crippen molar-refractivity contribution < 1.29 is 9.40 Å². The van der Waals surface area contributed by atoms with Crippen LogP contribution in [0, 0.1) is 0 Å². The van der Waals surface area contributed by atoms with Gasteiger partial charge in [0.15, 0.2) is 0 Å². The summed E-state index contributed by atoms with van der Waals surface area (Å²) in [6, 6.07) is 19.0. The molecule has 0 fully saturated rings. The van der Waals surface area contributed by atoms with Gasteiger partial charge in [-0.3, -0.25) is 0 Å². The SMILES string of the molecule is CC(C)c1cn2c([n+]1-c1ccccc1)N(C(C)C)c1ccccc1O2. The zero-order valence-electron chi connectivity index (χ0n) is 15.2. The first-order chi connectivity index (χ1) is 12.1. The normalized spacial score (nSPS) is 13.0. The molecule has 3 aromatic rings. The van der Waals surface area contributed by atoms with Gasteiger partial charge >= 0.3 is 5.95 Å². The smallest absolute Gasteiger partial charge is 0.314 e. The molecule has 128 valence electrons. The lowest BCUT2D eigenvalue weighted by Crippen LogP contribution is -2.45. The lowest BCUT2D eigenvalue weighted by Gasteiger charge is -2.28. The molecular weight excluding hydrogens is 310 g/mol. The van der Waals surface area contributed by atoms with Crippen LogP contribution in [0.5, 0.6) is 5.75 Å². The summed E-state index contributed by atoms with van der Waals surface area (Å²) in [5.74, 6) is 2.29. The Morgan fingerprint density at radius 1 is 0.880 bits per heavy atom. The van der Waals surface area contributed by atoms with Gasteiger partial charge in [0.1, 0.15) is 23.3 Å². The summed E-state index contributed by atoms with van der Waals surface area (Å²) in [6.45, 7) is 8.86. The molecule has 4 rings (SSSR count). The Labute approximate surface area is 148 Å². The number of nitrogens with zero attached hydrogens (tertiary/aromatic N) is 3. The molecule has 2 aromatic carbocycles. The first kappa shape index (κ1) is 15.8. The molecule has 0 spiro atoms. The summed E-state index contributed by atoms with van der Waals surface area (Å²) in [6.07, 6.45) is 2.11. The van der Waals surface area contributed by atoms with Gasteiger partial charge < -0.3 is 4.84 Å². The van der Waals surface area contributed by atoms with Crippen LogP contribution < -0.4 is 14.3 Å². The van der Waals surface area contributed by atoms with Crippen LogP contribution >= 0.6 is 0 Å². The highest BCUT2D eigenvalue weighted by Gasteiger charge is 2.39. The Morgan fingerprint density at radius 2 is 1.56 bits per heavy atom. The van der Waals surface area contributed by atoms with E-state index in [1.165, 1.54) is 5.69 Å². The maximum absolute atomic E-state index is 6.20. The van der Waals surface area contributed by atoms with E-state index in [4.69, 9.17) is 4.84 Å². The molecule has 25 heavy (non-hydrogen) atoms. The van der Waals surface area contributed by atoms with Crippen molar-refractivity contribution in [2.45, 2.75) is 39.7 Å². The van der Waals surface area contributed by atoms with Crippen molar-refractivity contribution in [3.8, 4) is 11.4 Å². The van der Waals surface area contributed by atoms with Gasteiger partial charge in [0.2, 0.25) is 5.75 Å². The van der Waals surface area contributed by atoms with E-state index in [1.807, 2.05) is 22.9 Å². The highest BCUT2D eigenvalue weighted by atomic mass is 16.7. The van der Waals surface area contributed by atoms with E-state index in [0.717, 1.165) is 23.1 Å². The number of benzene rings is 2. The largest absolute Gasteiger partial charge is 0.407 e. The Morgan fingerprint density at radius 3 is 2.24 bits per heavy atom. The van der Waals surface area contributed by atoms with E-state index in [-0.39, 0.29) is 0 Å². The number of rotatable bonds is 3. The molecule has 1 aliphatic rings. The number of imidazole rings is 1. The summed E-state index contributed by atoms with van der Waals surface area (Å²) in [7, 11) is 0. The first-order valence-corrected chi connectivity index (χ1v) is 8.87. The number of fused-ring (bicyclic) bond motifs is 2. The predicted molar refractivity (Wildman–Crippen MR) is 99.8 cm³/mol. The Hall–Kier alpha value is -2.75. The second-order valence-electron chi connectivity index (χ2n) is 7.03. The molecule has 4 nitrogen and oxygen atoms in total. The molecule has 2 heterocycles. The number of hydrogen-bond acceptors (Lipinski definition) is 2. The van der Waals surface area contributed by atoms with Gasteiger partial charge in [0.05, 0.1) is 6.04 Å². The molecule has 0 saturated carbocycles. The number of para-hydroxylation sites is 3. The van der Waals surface area contributed by atoms with Crippen molar-refractivity contribution in [1.82, 2.24) is 4.73 Å². The molecule has 1 aliphatic heterocycles. The van der Waals surface area contributed by atoms with E-state index in [1.54, 1.807) is 0 Å². The highest BCUT2D eigenvalue weighted by Crippen LogP contribution is 2.39. The Bertz CT molecular complexity index is 897. The fourth-order valence-corrected chi connectivity index (χ4v) is 3.44. The third kappa shape index (κ3) is 2.49. The number of hydrogen-bond donors (Lipinski definition) is 0. The van der Waals surface area contributed by atoms with Crippen molar-refractivity contribution in [3.05, 3.63) is 66.5 Å². The quantitative estimate of drug-likeness (QED) is 0.653. The Kier molecular flexibility index (Phi) is 3.75. The molecule has 0 radical (unpaired) electrons. The van der Waals surface area contributed by atoms with Crippen LogP contribution in [-0.4, -0.2) is 10.8 Å². The van der Waals surface area contributed by atoms with Crippen LogP contribution in [0.25, 0.3) is 5.69 Å². The molecule has 0 amide bonds. The van der Waals surface area contributed by atoms with Crippen molar-refractivity contribution in [2.75, 3.05) is 4.90 Å². The van der Waals surface area contributed by atoms with Gasteiger partial charge in [-0.05, 0) is 38.1 Å². The van der Waals surface area contributed by atoms with Gasteiger partial charge in [-0.2, -0.15) is 4.57 Å². The van der Waals surface area contributed by atoms with Gasteiger partial charge in [0.25, 0.3) is 0 Å². The van der Waals surface area contributed by atoms with Crippen molar-refractivity contribution in [3.63, 3.8) is 0 Å². The van der Waals surface area contributed by atoms with Crippen LogP contribution in [0.3, 0.4) is 0 Å². The van der Waals surface area contributed by atoms with Crippen LogP contribution in [0.1, 0.15) is 39.3 Å². The van der Waals surface area contributed by atoms with Crippen LogP contribution in [0.4, 0.5) is 11.6 Å². The minimum atomic E-state index is 0.300. The second-order valence-corrected chi connectivity index (χ2v) is 7.03. The summed E-state index contributed by atoms with van der Waals surface area (Å²) < 4.78 is 4.21. The topological polar surface area (TPSA) is 21.3 Å². The summed E-state index contributed by atoms with van der Waals surface area (Å²) in [4.78, 5) is 8.55. The maximum Gasteiger partial charge on any atom is 0.407 e. The van der Waals surface area contributed by atoms with E-state index in [0.29, 0.717) is 12.0 Å². The molecule has 0 bridgehead atoms. The summed E-state index contributed by atoms with van der Waals surface area (Å²) >= 11 is 0. The Balaban J connectivity index is 2.01. The average molecular weight is 334 g/mol. The lowest BCUT2D eigenvalue weighted by atomic mass is 10.1. The number of anilines is 2. The minimum Gasteiger partial charge on any atom is -0.314 e.